The molecule has 0 saturated carbocycles. The van der Waals surface area contributed by atoms with Crippen LogP contribution in [0.4, 0.5) is 4.79 Å². The van der Waals surface area contributed by atoms with E-state index in [0.717, 1.165) is 5.56 Å². The largest absolute Gasteiger partial charge is 0.508 e. The molecule has 3 rings (SSSR count). The third kappa shape index (κ3) is 4.86. The average molecular weight is 419 g/mol. The Labute approximate surface area is 172 Å². The van der Waals surface area contributed by atoms with Crippen LogP contribution in [-0.4, -0.2) is 61.1 Å². The van der Waals surface area contributed by atoms with Gasteiger partial charge in [-0.05, 0) is 43.9 Å². The number of likely N-dealkylation sites (tertiary alicyclic amines) is 1. The molecule has 0 aliphatic carbocycles. The Bertz CT molecular complexity index is 884. The van der Waals surface area contributed by atoms with Crippen LogP contribution in [0.15, 0.2) is 28.8 Å². The molecular formula is C19H25N5O6. The number of phenolic OH excluding ortho intramolecular Hbond substituents is 1. The monoisotopic (exact) mass is 419 g/mol. The molecule has 11 heteroatoms. The van der Waals surface area contributed by atoms with E-state index in [0.29, 0.717) is 25.8 Å². The highest BCUT2D eigenvalue weighted by Crippen LogP contribution is 2.31. The van der Waals surface area contributed by atoms with Crippen LogP contribution < -0.4 is 11.1 Å². The maximum Gasteiger partial charge on any atom is 0.328 e. The van der Waals surface area contributed by atoms with Crippen molar-refractivity contribution in [3.8, 4) is 5.75 Å². The second-order valence-corrected chi connectivity index (χ2v) is 7.33. The summed E-state index contributed by atoms with van der Waals surface area (Å²) in [6, 6.07) is 3.54. The molecule has 1 saturated heterocycles. The lowest BCUT2D eigenvalue weighted by atomic mass is 10.1. The number of aliphatic carboxylic acids is 1. The van der Waals surface area contributed by atoms with Gasteiger partial charge in [0.05, 0.1) is 12.1 Å². The molecule has 0 spiro atoms. The van der Waals surface area contributed by atoms with Crippen molar-refractivity contribution in [3.63, 3.8) is 0 Å². The van der Waals surface area contributed by atoms with E-state index in [2.05, 4.69) is 15.5 Å². The summed E-state index contributed by atoms with van der Waals surface area (Å²) in [4.78, 5) is 29.6. The molecule has 2 aromatic rings. The van der Waals surface area contributed by atoms with Crippen LogP contribution in [0.2, 0.25) is 0 Å². The van der Waals surface area contributed by atoms with Gasteiger partial charge in [0, 0.05) is 6.54 Å². The van der Waals surface area contributed by atoms with Crippen molar-refractivity contribution in [2.75, 3.05) is 6.54 Å². The van der Waals surface area contributed by atoms with Gasteiger partial charge in [0.1, 0.15) is 11.8 Å². The van der Waals surface area contributed by atoms with E-state index in [1.165, 1.54) is 11.8 Å². The third-order valence-electron chi connectivity index (χ3n) is 5.01. The fourth-order valence-electron chi connectivity index (χ4n) is 3.38. The number of carboxylic acid groups (broad SMARTS) is 1. The van der Waals surface area contributed by atoms with Gasteiger partial charge in [0.2, 0.25) is 5.89 Å². The van der Waals surface area contributed by atoms with E-state index in [1.807, 2.05) is 0 Å². The molecule has 4 atom stereocenters. The Morgan fingerprint density at radius 2 is 2.07 bits per heavy atom. The van der Waals surface area contributed by atoms with Gasteiger partial charge in [-0.3, -0.25) is 0 Å². The van der Waals surface area contributed by atoms with Crippen molar-refractivity contribution in [3.05, 3.63) is 41.5 Å². The molecule has 1 aromatic carbocycles. The summed E-state index contributed by atoms with van der Waals surface area (Å²) in [5.74, 6) is -0.649. The Kier molecular flexibility index (Phi) is 6.53. The molecule has 1 aliphatic heterocycles. The highest BCUT2D eigenvalue weighted by molar-refractivity contribution is 5.83. The molecule has 11 nitrogen and oxygen atoms in total. The Morgan fingerprint density at radius 1 is 1.37 bits per heavy atom. The minimum Gasteiger partial charge on any atom is -0.508 e. The Hall–Kier alpha value is -3.18. The molecule has 6 N–H and O–H groups in total. The standard InChI is InChI=1S/C19H25N5O6/c1-10(25)15(18(27)28)21-19(29)24-8-2-3-14(24)17-22-16(23-30-17)13(20)9-11-4-6-12(26)7-5-11/h4-7,10,13-15,25-26H,2-3,8-9,20H2,1H3,(H,21,29)(H,27,28)/t10?,13-,14-,15-/m0/s1. The number of nitrogens with zero attached hydrogens (tertiary/aromatic N) is 3. The van der Waals surface area contributed by atoms with Crippen LogP contribution in [-0.2, 0) is 11.2 Å². The number of carbonyl (C=O) groups excluding carboxylic acids is 1. The van der Waals surface area contributed by atoms with Crippen molar-refractivity contribution >= 4 is 12.0 Å². The molecule has 30 heavy (non-hydrogen) atoms. The fraction of sp³-hybridized carbons (Fsp3) is 0.474. The van der Waals surface area contributed by atoms with E-state index >= 15 is 0 Å². The normalized spacial score (nSPS) is 19.3. The van der Waals surface area contributed by atoms with E-state index in [4.69, 9.17) is 15.4 Å². The van der Waals surface area contributed by atoms with Gasteiger partial charge in [-0.1, -0.05) is 17.3 Å². The minimum absolute atomic E-state index is 0.162. The lowest BCUT2D eigenvalue weighted by Crippen LogP contribution is -2.52. The lowest BCUT2D eigenvalue weighted by Gasteiger charge is -2.25. The number of aromatic hydroxyl groups is 1. The molecule has 0 radical (unpaired) electrons. The van der Waals surface area contributed by atoms with Crippen LogP contribution in [0.25, 0.3) is 0 Å². The maximum absolute atomic E-state index is 12.6. The zero-order valence-corrected chi connectivity index (χ0v) is 16.4. The number of nitrogens with two attached hydrogens (primary N) is 1. The fourth-order valence-corrected chi connectivity index (χ4v) is 3.38. The highest BCUT2D eigenvalue weighted by atomic mass is 16.5. The first kappa shape index (κ1) is 21.5. The van der Waals surface area contributed by atoms with Crippen LogP contribution in [0.5, 0.6) is 5.75 Å². The number of carboxylic acids is 1. The molecular weight excluding hydrogens is 394 g/mol. The van der Waals surface area contributed by atoms with Gasteiger partial charge in [-0.2, -0.15) is 4.98 Å². The number of amides is 2. The second-order valence-electron chi connectivity index (χ2n) is 7.33. The quantitative estimate of drug-likeness (QED) is 0.432. The van der Waals surface area contributed by atoms with E-state index in [1.54, 1.807) is 24.3 Å². The number of aromatic nitrogens is 2. The first-order chi connectivity index (χ1) is 14.3. The highest BCUT2D eigenvalue weighted by Gasteiger charge is 2.36. The molecule has 1 aliphatic rings. The SMILES string of the molecule is CC(O)[C@H](NC(=O)N1CCC[C@H]1c1nc([C@@H](N)Cc2ccc(O)cc2)no1)C(=O)O. The van der Waals surface area contributed by atoms with E-state index < -0.39 is 36.2 Å². The number of carbonyl (C=O) groups is 2. The summed E-state index contributed by atoms with van der Waals surface area (Å²) in [6.07, 6.45) is 0.444. The number of aliphatic hydroxyl groups excluding tert-OH is 1. The summed E-state index contributed by atoms with van der Waals surface area (Å²) >= 11 is 0. The molecule has 0 bridgehead atoms. The number of urea groups is 1. The lowest BCUT2D eigenvalue weighted by molar-refractivity contribution is -0.141. The first-order valence-corrected chi connectivity index (χ1v) is 9.61. The van der Waals surface area contributed by atoms with Gasteiger partial charge in [0.15, 0.2) is 11.9 Å². The van der Waals surface area contributed by atoms with E-state index in [-0.39, 0.29) is 17.5 Å². The summed E-state index contributed by atoms with van der Waals surface area (Å²) in [5.41, 5.74) is 7.07. The molecule has 2 heterocycles. The number of nitrogens with one attached hydrogen (secondary N) is 1. The Morgan fingerprint density at radius 3 is 2.70 bits per heavy atom. The smallest absolute Gasteiger partial charge is 0.328 e. The van der Waals surface area contributed by atoms with Crippen molar-refractivity contribution in [1.29, 1.82) is 0 Å². The average Bonchev–Trinajstić information content (AvgIpc) is 3.36. The van der Waals surface area contributed by atoms with Crippen LogP contribution in [0, 0.1) is 0 Å². The topological polar surface area (TPSA) is 175 Å². The number of phenols is 1. The molecule has 2 amide bonds. The van der Waals surface area contributed by atoms with Crippen molar-refractivity contribution in [2.45, 2.75) is 50.4 Å². The van der Waals surface area contributed by atoms with Gasteiger partial charge < -0.3 is 35.8 Å². The minimum atomic E-state index is -1.42. The molecule has 162 valence electrons. The van der Waals surface area contributed by atoms with Gasteiger partial charge >= 0.3 is 12.0 Å². The van der Waals surface area contributed by atoms with Crippen LogP contribution >= 0.6 is 0 Å². The predicted molar refractivity (Wildman–Crippen MR) is 103 cm³/mol. The first-order valence-electron chi connectivity index (χ1n) is 9.61. The van der Waals surface area contributed by atoms with Crippen molar-refractivity contribution in [2.24, 2.45) is 5.73 Å². The molecule has 1 aromatic heterocycles. The summed E-state index contributed by atoms with van der Waals surface area (Å²) in [6.45, 7) is 1.68. The Balaban J connectivity index is 1.68. The van der Waals surface area contributed by atoms with Gasteiger partial charge in [0.25, 0.3) is 0 Å². The van der Waals surface area contributed by atoms with E-state index in [9.17, 15) is 19.8 Å². The van der Waals surface area contributed by atoms with Gasteiger partial charge in [-0.15, -0.1) is 0 Å². The summed E-state index contributed by atoms with van der Waals surface area (Å²) < 4.78 is 5.34. The third-order valence-corrected chi connectivity index (χ3v) is 5.01. The number of hydrogen-bond donors (Lipinski definition) is 5. The summed E-state index contributed by atoms with van der Waals surface area (Å²) in [5, 5.41) is 34.4. The van der Waals surface area contributed by atoms with Crippen molar-refractivity contribution < 1.29 is 29.4 Å². The predicted octanol–water partition coefficient (Wildman–Crippen LogP) is 0.698. The van der Waals surface area contributed by atoms with Crippen molar-refractivity contribution in [1.82, 2.24) is 20.4 Å². The second kappa shape index (κ2) is 9.09. The number of aliphatic hydroxyl groups is 1. The number of hydrogen-bond acceptors (Lipinski definition) is 8. The van der Waals surface area contributed by atoms with Gasteiger partial charge in [-0.25, -0.2) is 9.59 Å². The maximum atomic E-state index is 12.6. The zero-order chi connectivity index (χ0) is 21.8. The number of benzene rings is 1. The van der Waals surface area contributed by atoms with Crippen LogP contribution in [0.1, 0.15) is 49.1 Å². The number of rotatable bonds is 7. The summed E-state index contributed by atoms with van der Waals surface area (Å²) in [7, 11) is 0. The molecule has 1 unspecified atom stereocenters. The van der Waals surface area contributed by atoms with Crippen LogP contribution in [0.3, 0.4) is 0 Å². The zero-order valence-electron chi connectivity index (χ0n) is 16.4. The molecule has 1 fully saturated rings.